The fourth-order valence-corrected chi connectivity index (χ4v) is 1.33. The lowest BCUT2D eigenvalue weighted by molar-refractivity contribution is -0.137. The quantitative estimate of drug-likeness (QED) is 0.638. The molecular weight excluding hydrogens is 243 g/mol. The first-order chi connectivity index (χ1) is 8.55. The van der Waals surface area contributed by atoms with Gasteiger partial charge in [-0.15, -0.1) is 0 Å². The van der Waals surface area contributed by atoms with Gasteiger partial charge in [-0.05, 0) is 36.4 Å². The van der Waals surface area contributed by atoms with E-state index in [-0.39, 0.29) is 0 Å². The number of aromatic amines is 1. The molecule has 3 nitrogen and oxygen atoms in total. The van der Waals surface area contributed by atoms with E-state index in [1.54, 1.807) is 6.20 Å². The predicted molar refractivity (Wildman–Crippen MR) is 63.5 cm³/mol. The minimum Gasteiger partial charge on any atom is -0.360 e. The summed E-state index contributed by atoms with van der Waals surface area (Å²) in [4.78, 5) is 2.91. The van der Waals surface area contributed by atoms with Crippen molar-refractivity contribution in [2.24, 2.45) is 5.10 Å². The standard InChI is InChI=1S/C12H10F3N3/c13-12(14,15)9-3-5-10(6-4-9)18-17-8-11-2-1-7-16-11/h1-8,16,18H. The molecule has 1 aromatic heterocycles. The average molecular weight is 253 g/mol. The molecule has 0 amide bonds. The second kappa shape index (κ2) is 4.95. The number of nitrogens with zero attached hydrogens (tertiary/aromatic N) is 1. The van der Waals surface area contributed by atoms with Crippen molar-refractivity contribution in [2.45, 2.75) is 6.18 Å². The highest BCUT2D eigenvalue weighted by Gasteiger charge is 2.29. The van der Waals surface area contributed by atoms with Crippen LogP contribution in [0.15, 0.2) is 47.7 Å². The number of anilines is 1. The van der Waals surface area contributed by atoms with Crippen molar-refractivity contribution >= 4 is 11.9 Å². The van der Waals surface area contributed by atoms with E-state index in [9.17, 15) is 13.2 Å². The Balaban J connectivity index is 1.99. The summed E-state index contributed by atoms with van der Waals surface area (Å²) in [5.41, 5.74) is 3.26. The molecular formula is C12H10F3N3. The number of alkyl halides is 3. The number of halogens is 3. The number of benzene rings is 1. The number of hydrogen-bond donors (Lipinski definition) is 2. The van der Waals surface area contributed by atoms with Crippen LogP contribution in [0.25, 0.3) is 0 Å². The first-order valence-corrected chi connectivity index (χ1v) is 5.15. The maximum atomic E-state index is 12.3. The molecule has 0 spiro atoms. The van der Waals surface area contributed by atoms with Gasteiger partial charge in [-0.2, -0.15) is 18.3 Å². The summed E-state index contributed by atoms with van der Waals surface area (Å²) in [7, 11) is 0. The maximum absolute atomic E-state index is 12.3. The third-order valence-corrected chi connectivity index (χ3v) is 2.23. The van der Waals surface area contributed by atoms with E-state index < -0.39 is 11.7 Å². The summed E-state index contributed by atoms with van der Waals surface area (Å²) in [6.45, 7) is 0. The lowest BCUT2D eigenvalue weighted by Crippen LogP contribution is -2.04. The van der Waals surface area contributed by atoms with Crippen molar-refractivity contribution in [3.63, 3.8) is 0 Å². The SMILES string of the molecule is FC(F)(F)c1ccc(NN=Cc2ccc[nH]2)cc1. The van der Waals surface area contributed by atoms with E-state index in [0.717, 1.165) is 17.8 Å². The lowest BCUT2D eigenvalue weighted by atomic mass is 10.2. The number of hydrazone groups is 1. The Morgan fingerprint density at radius 1 is 1.11 bits per heavy atom. The minimum atomic E-state index is -4.31. The zero-order valence-corrected chi connectivity index (χ0v) is 9.20. The molecule has 2 N–H and O–H groups in total. The smallest absolute Gasteiger partial charge is 0.360 e. The minimum absolute atomic E-state index is 0.491. The highest BCUT2D eigenvalue weighted by molar-refractivity contribution is 5.77. The van der Waals surface area contributed by atoms with Crippen LogP contribution in [0.1, 0.15) is 11.3 Å². The first kappa shape index (κ1) is 12.2. The third kappa shape index (κ3) is 3.13. The molecule has 18 heavy (non-hydrogen) atoms. The van der Waals surface area contributed by atoms with Gasteiger partial charge in [0.25, 0.3) is 0 Å². The lowest BCUT2D eigenvalue weighted by Gasteiger charge is -2.06. The summed E-state index contributed by atoms with van der Waals surface area (Å²) < 4.78 is 36.9. The summed E-state index contributed by atoms with van der Waals surface area (Å²) in [6.07, 6.45) is -1.02. The van der Waals surface area contributed by atoms with Crippen molar-refractivity contribution in [1.29, 1.82) is 0 Å². The molecule has 0 aliphatic heterocycles. The Labute approximate surface area is 101 Å². The Kier molecular flexibility index (Phi) is 3.36. The van der Waals surface area contributed by atoms with Gasteiger partial charge in [0.2, 0.25) is 0 Å². The number of hydrogen-bond acceptors (Lipinski definition) is 2. The largest absolute Gasteiger partial charge is 0.416 e. The van der Waals surface area contributed by atoms with Crippen LogP contribution in [0.3, 0.4) is 0 Å². The molecule has 0 unspecified atom stereocenters. The monoisotopic (exact) mass is 253 g/mol. The Bertz CT molecular complexity index is 513. The number of rotatable bonds is 3. The molecule has 0 atom stereocenters. The number of nitrogens with one attached hydrogen (secondary N) is 2. The molecule has 0 saturated heterocycles. The molecule has 1 aromatic carbocycles. The molecule has 94 valence electrons. The van der Waals surface area contributed by atoms with E-state index >= 15 is 0 Å². The van der Waals surface area contributed by atoms with E-state index in [0.29, 0.717) is 5.69 Å². The van der Waals surface area contributed by atoms with Crippen molar-refractivity contribution in [3.8, 4) is 0 Å². The molecule has 2 rings (SSSR count). The second-order valence-corrected chi connectivity index (χ2v) is 3.57. The molecule has 0 aliphatic carbocycles. The van der Waals surface area contributed by atoms with Crippen LogP contribution in [-0.4, -0.2) is 11.2 Å². The summed E-state index contributed by atoms with van der Waals surface area (Å²) in [6, 6.07) is 8.31. The zero-order chi connectivity index (χ0) is 13.0. The van der Waals surface area contributed by atoms with Crippen LogP contribution in [-0.2, 0) is 6.18 Å². The summed E-state index contributed by atoms with van der Waals surface area (Å²) in [5, 5.41) is 3.89. The molecule has 0 fully saturated rings. The van der Waals surface area contributed by atoms with Crippen molar-refractivity contribution in [3.05, 3.63) is 53.9 Å². The number of aromatic nitrogens is 1. The van der Waals surface area contributed by atoms with Crippen LogP contribution in [0.2, 0.25) is 0 Å². The molecule has 6 heteroatoms. The Morgan fingerprint density at radius 3 is 2.39 bits per heavy atom. The molecule has 0 radical (unpaired) electrons. The van der Waals surface area contributed by atoms with Crippen molar-refractivity contribution < 1.29 is 13.2 Å². The fourth-order valence-electron chi connectivity index (χ4n) is 1.33. The molecule has 1 heterocycles. The molecule has 0 saturated carbocycles. The second-order valence-electron chi connectivity index (χ2n) is 3.57. The van der Waals surface area contributed by atoms with Crippen LogP contribution < -0.4 is 5.43 Å². The molecule has 2 aromatic rings. The fraction of sp³-hybridized carbons (Fsp3) is 0.0833. The normalized spacial score (nSPS) is 11.9. The first-order valence-electron chi connectivity index (χ1n) is 5.15. The van der Waals surface area contributed by atoms with E-state index in [4.69, 9.17) is 0 Å². The van der Waals surface area contributed by atoms with Gasteiger partial charge >= 0.3 is 6.18 Å². The van der Waals surface area contributed by atoms with Gasteiger partial charge in [0.15, 0.2) is 0 Å². The van der Waals surface area contributed by atoms with Gasteiger partial charge in [0.1, 0.15) is 0 Å². The van der Waals surface area contributed by atoms with Crippen molar-refractivity contribution in [1.82, 2.24) is 4.98 Å². The predicted octanol–water partition coefficient (Wildman–Crippen LogP) is 3.48. The van der Waals surface area contributed by atoms with Crippen LogP contribution in [0.5, 0.6) is 0 Å². The van der Waals surface area contributed by atoms with Crippen LogP contribution in [0.4, 0.5) is 18.9 Å². The third-order valence-electron chi connectivity index (χ3n) is 2.23. The summed E-state index contributed by atoms with van der Waals surface area (Å²) >= 11 is 0. The van der Waals surface area contributed by atoms with Gasteiger partial charge in [-0.25, -0.2) is 0 Å². The Hall–Kier alpha value is -2.24. The van der Waals surface area contributed by atoms with Crippen LogP contribution >= 0.6 is 0 Å². The van der Waals surface area contributed by atoms with Gasteiger partial charge in [0, 0.05) is 6.20 Å². The zero-order valence-electron chi connectivity index (χ0n) is 9.20. The van der Waals surface area contributed by atoms with E-state index in [2.05, 4.69) is 15.5 Å². The van der Waals surface area contributed by atoms with Crippen LogP contribution in [0, 0.1) is 0 Å². The highest BCUT2D eigenvalue weighted by Crippen LogP contribution is 2.29. The highest BCUT2D eigenvalue weighted by atomic mass is 19.4. The van der Waals surface area contributed by atoms with Gasteiger partial charge in [-0.1, -0.05) is 0 Å². The molecule has 0 aliphatic rings. The number of H-pyrrole nitrogens is 1. The topological polar surface area (TPSA) is 40.2 Å². The summed E-state index contributed by atoms with van der Waals surface area (Å²) in [5.74, 6) is 0. The maximum Gasteiger partial charge on any atom is 0.416 e. The van der Waals surface area contributed by atoms with Gasteiger partial charge in [0.05, 0.1) is 23.2 Å². The van der Waals surface area contributed by atoms with Gasteiger partial charge < -0.3 is 4.98 Å². The van der Waals surface area contributed by atoms with Gasteiger partial charge in [-0.3, -0.25) is 5.43 Å². The van der Waals surface area contributed by atoms with E-state index in [1.807, 2.05) is 12.1 Å². The Morgan fingerprint density at radius 2 is 1.83 bits per heavy atom. The van der Waals surface area contributed by atoms with Crippen molar-refractivity contribution in [2.75, 3.05) is 5.43 Å². The average Bonchev–Trinajstić information content (AvgIpc) is 2.82. The van der Waals surface area contributed by atoms with E-state index in [1.165, 1.54) is 18.3 Å². The molecule has 0 bridgehead atoms.